The van der Waals surface area contributed by atoms with Gasteiger partial charge >= 0.3 is 5.97 Å². The number of benzene rings is 2. The number of esters is 1. The summed E-state index contributed by atoms with van der Waals surface area (Å²) in [5, 5.41) is 5.16. The number of nitrogens with zero attached hydrogens (tertiary/aromatic N) is 2. The fourth-order valence-corrected chi connectivity index (χ4v) is 3.32. The first-order valence-electron chi connectivity index (χ1n) is 7.82. The van der Waals surface area contributed by atoms with Crippen molar-refractivity contribution < 1.29 is 19.0 Å². The van der Waals surface area contributed by atoms with Gasteiger partial charge in [-0.3, -0.25) is 5.43 Å². The van der Waals surface area contributed by atoms with Crippen LogP contribution in [0.25, 0.3) is 10.2 Å². The van der Waals surface area contributed by atoms with E-state index in [1.807, 2.05) is 24.3 Å². The molecule has 0 spiro atoms. The Kier molecular flexibility index (Phi) is 6.10. The number of anilines is 1. The molecule has 3 rings (SSSR count). The molecule has 140 valence electrons. The standard InChI is InChI=1S/C18H16ClN3O4S/c1-24-14-8-11(7-12(19)17(14)26-10-16(23)25-2)9-20-22-18-21-13-5-3-4-6-15(13)27-18/h3-9H,10H2,1-2H3,(H,21,22)/b20-9-. The largest absolute Gasteiger partial charge is 0.493 e. The van der Waals surface area contributed by atoms with E-state index in [-0.39, 0.29) is 12.4 Å². The van der Waals surface area contributed by atoms with Gasteiger partial charge in [0.25, 0.3) is 0 Å². The summed E-state index contributed by atoms with van der Waals surface area (Å²) >= 11 is 7.75. The van der Waals surface area contributed by atoms with Crippen LogP contribution in [0.15, 0.2) is 41.5 Å². The molecule has 0 saturated carbocycles. The van der Waals surface area contributed by atoms with E-state index in [0.29, 0.717) is 21.5 Å². The normalized spacial score (nSPS) is 10.9. The lowest BCUT2D eigenvalue weighted by Crippen LogP contribution is -2.13. The second-order valence-electron chi connectivity index (χ2n) is 5.26. The van der Waals surface area contributed by atoms with Gasteiger partial charge in [0.15, 0.2) is 18.1 Å². The fourth-order valence-electron chi connectivity index (χ4n) is 2.23. The molecule has 3 aromatic rings. The zero-order valence-electron chi connectivity index (χ0n) is 14.6. The quantitative estimate of drug-likeness (QED) is 0.364. The van der Waals surface area contributed by atoms with Crippen molar-refractivity contribution in [3.63, 3.8) is 0 Å². The molecule has 0 unspecified atom stereocenters. The summed E-state index contributed by atoms with van der Waals surface area (Å²) in [6.07, 6.45) is 1.59. The number of halogens is 1. The SMILES string of the molecule is COC(=O)COc1c(Cl)cc(/C=N\Nc2nc3ccccc3s2)cc1OC. The Morgan fingerprint density at radius 1 is 1.33 bits per heavy atom. The highest BCUT2D eigenvalue weighted by Crippen LogP contribution is 2.36. The first kappa shape index (κ1) is 18.9. The number of para-hydroxylation sites is 1. The molecule has 2 aromatic carbocycles. The van der Waals surface area contributed by atoms with Crippen molar-refractivity contribution in [3.8, 4) is 11.5 Å². The molecule has 1 aromatic heterocycles. The number of carbonyl (C=O) groups is 1. The van der Waals surface area contributed by atoms with Crippen molar-refractivity contribution in [3.05, 3.63) is 47.0 Å². The number of hydrazone groups is 1. The second kappa shape index (κ2) is 8.70. The van der Waals surface area contributed by atoms with Crippen LogP contribution in [-0.2, 0) is 9.53 Å². The molecule has 0 saturated heterocycles. The number of rotatable bonds is 7. The van der Waals surface area contributed by atoms with E-state index in [1.54, 1.807) is 18.3 Å². The number of fused-ring (bicyclic) bond motifs is 1. The first-order valence-corrected chi connectivity index (χ1v) is 9.02. The number of aromatic nitrogens is 1. The summed E-state index contributed by atoms with van der Waals surface area (Å²) in [7, 11) is 2.76. The maximum Gasteiger partial charge on any atom is 0.343 e. The van der Waals surface area contributed by atoms with Gasteiger partial charge in [-0.2, -0.15) is 5.10 Å². The molecule has 0 fully saturated rings. The molecule has 0 aliphatic heterocycles. The highest BCUT2D eigenvalue weighted by atomic mass is 35.5. The molecule has 0 aliphatic carbocycles. The van der Waals surface area contributed by atoms with Gasteiger partial charge in [-0.1, -0.05) is 35.1 Å². The number of methoxy groups -OCH3 is 2. The number of hydrogen-bond acceptors (Lipinski definition) is 8. The lowest BCUT2D eigenvalue weighted by molar-refractivity contribution is -0.142. The summed E-state index contributed by atoms with van der Waals surface area (Å²) in [5.41, 5.74) is 4.51. The molecule has 0 radical (unpaired) electrons. The van der Waals surface area contributed by atoms with Crippen LogP contribution in [0.4, 0.5) is 5.13 Å². The van der Waals surface area contributed by atoms with E-state index in [0.717, 1.165) is 10.2 Å². The Balaban J connectivity index is 1.73. The number of ether oxygens (including phenoxy) is 3. The van der Waals surface area contributed by atoms with Gasteiger partial charge < -0.3 is 14.2 Å². The molecule has 7 nitrogen and oxygen atoms in total. The minimum Gasteiger partial charge on any atom is -0.493 e. The third-order valence-electron chi connectivity index (χ3n) is 3.48. The highest BCUT2D eigenvalue weighted by Gasteiger charge is 2.13. The lowest BCUT2D eigenvalue weighted by atomic mass is 10.2. The molecule has 0 atom stereocenters. The smallest absolute Gasteiger partial charge is 0.343 e. The first-order chi connectivity index (χ1) is 13.1. The molecule has 0 amide bonds. The van der Waals surface area contributed by atoms with E-state index in [1.165, 1.54) is 25.6 Å². The van der Waals surface area contributed by atoms with Crippen LogP contribution in [0, 0.1) is 0 Å². The van der Waals surface area contributed by atoms with Crippen LogP contribution >= 0.6 is 22.9 Å². The van der Waals surface area contributed by atoms with Crippen LogP contribution in [0.1, 0.15) is 5.56 Å². The molecule has 0 aliphatic rings. The second-order valence-corrected chi connectivity index (χ2v) is 6.69. The van der Waals surface area contributed by atoms with Gasteiger partial charge in [-0.25, -0.2) is 9.78 Å². The van der Waals surface area contributed by atoms with Crippen molar-refractivity contribution in [2.24, 2.45) is 5.10 Å². The predicted molar refractivity (Wildman–Crippen MR) is 106 cm³/mol. The van der Waals surface area contributed by atoms with Crippen molar-refractivity contribution >= 4 is 50.5 Å². The van der Waals surface area contributed by atoms with Crippen LogP contribution in [-0.4, -0.2) is 38.0 Å². The maximum absolute atomic E-state index is 11.2. The molecule has 27 heavy (non-hydrogen) atoms. The monoisotopic (exact) mass is 405 g/mol. The van der Waals surface area contributed by atoms with Crippen LogP contribution in [0.3, 0.4) is 0 Å². The molecule has 9 heteroatoms. The number of hydrogen-bond donors (Lipinski definition) is 1. The molecule has 0 bridgehead atoms. The topological polar surface area (TPSA) is 82.0 Å². The highest BCUT2D eigenvalue weighted by molar-refractivity contribution is 7.22. The van der Waals surface area contributed by atoms with Gasteiger partial charge in [0.2, 0.25) is 5.13 Å². The van der Waals surface area contributed by atoms with Crippen LogP contribution in [0.5, 0.6) is 11.5 Å². The summed E-state index contributed by atoms with van der Waals surface area (Å²) in [6.45, 7) is -0.265. The predicted octanol–water partition coefficient (Wildman–Crippen LogP) is 3.96. The van der Waals surface area contributed by atoms with E-state index in [9.17, 15) is 4.79 Å². The van der Waals surface area contributed by atoms with E-state index < -0.39 is 5.97 Å². The minimum absolute atomic E-state index is 0.265. The van der Waals surface area contributed by atoms with Crippen molar-refractivity contribution in [1.82, 2.24) is 4.98 Å². The van der Waals surface area contributed by atoms with Crippen molar-refractivity contribution in [2.75, 3.05) is 26.3 Å². The summed E-state index contributed by atoms with van der Waals surface area (Å²) in [5.74, 6) is 0.132. The minimum atomic E-state index is -0.515. The molecule has 1 N–H and O–H groups in total. The fraction of sp³-hybridized carbons (Fsp3) is 0.167. The van der Waals surface area contributed by atoms with Gasteiger partial charge in [0, 0.05) is 0 Å². The van der Waals surface area contributed by atoms with Crippen LogP contribution in [0.2, 0.25) is 5.02 Å². The Morgan fingerprint density at radius 3 is 2.89 bits per heavy atom. The zero-order valence-corrected chi connectivity index (χ0v) is 16.1. The average Bonchev–Trinajstić information content (AvgIpc) is 3.09. The number of carbonyl (C=O) groups excluding carboxylic acids is 1. The Bertz CT molecular complexity index is 957. The van der Waals surface area contributed by atoms with E-state index in [2.05, 4.69) is 20.2 Å². The van der Waals surface area contributed by atoms with E-state index in [4.69, 9.17) is 21.1 Å². The summed E-state index contributed by atoms with van der Waals surface area (Å²) in [4.78, 5) is 15.7. The summed E-state index contributed by atoms with van der Waals surface area (Å²) < 4.78 is 16.3. The van der Waals surface area contributed by atoms with Crippen LogP contribution < -0.4 is 14.9 Å². The average molecular weight is 406 g/mol. The van der Waals surface area contributed by atoms with E-state index >= 15 is 0 Å². The zero-order chi connectivity index (χ0) is 19.2. The van der Waals surface area contributed by atoms with Gasteiger partial charge in [0.1, 0.15) is 0 Å². The van der Waals surface area contributed by atoms with Gasteiger partial charge in [-0.15, -0.1) is 0 Å². The third kappa shape index (κ3) is 4.66. The Labute approximate surface area is 164 Å². The summed E-state index contributed by atoms with van der Waals surface area (Å²) in [6, 6.07) is 11.2. The van der Waals surface area contributed by atoms with Crippen molar-refractivity contribution in [2.45, 2.75) is 0 Å². The molecular formula is C18H16ClN3O4S. The van der Waals surface area contributed by atoms with Gasteiger partial charge in [0.05, 0.1) is 35.7 Å². The lowest BCUT2D eigenvalue weighted by Gasteiger charge is -2.12. The Morgan fingerprint density at radius 2 is 2.15 bits per heavy atom. The van der Waals surface area contributed by atoms with Gasteiger partial charge in [-0.05, 0) is 29.8 Å². The number of thiazole rings is 1. The maximum atomic E-state index is 11.2. The third-order valence-corrected chi connectivity index (χ3v) is 4.70. The number of nitrogens with one attached hydrogen (secondary N) is 1. The Hall–Kier alpha value is -2.84. The molecule has 1 heterocycles. The van der Waals surface area contributed by atoms with Crippen molar-refractivity contribution in [1.29, 1.82) is 0 Å². The molecular weight excluding hydrogens is 390 g/mol.